The molecular formula is C17H23N3O4. The molecular weight excluding hydrogens is 310 g/mol. The van der Waals surface area contributed by atoms with Gasteiger partial charge >= 0.3 is 12.0 Å². The molecule has 1 aromatic rings. The lowest BCUT2D eigenvalue weighted by Crippen LogP contribution is -2.42. The minimum absolute atomic E-state index is 0.0877. The van der Waals surface area contributed by atoms with Crippen molar-refractivity contribution in [3.05, 3.63) is 29.8 Å². The van der Waals surface area contributed by atoms with E-state index < -0.39 is 11.4 Å². The number of carboxylic acid groups (broad SMARTS) is 1. The van der Waals surface area contributed by atoms with Gasteiger partial charge in [0.25, 0.3) is 5.91 Å². The van der Waals surface area contributed by atoms with Gasteiger partial charge in [-0.05, 0) is 37.1 Å². The summed E-state index contributed by atoms with van der Waals surface area (Å²) in [6.07, 6.45) is 0.893. The molecule has 7 nitrogen and oxygen atoms in total. The van der Waals surface area contributed by atoms with E-state index in [1.54, 1.807) is 43.0 Å². The standard InChI is InChI=1S/C17H23N3O4/c1-3-17(4-2,15(22)23)11-19-14(21)12-5-7-13(8-6-12)20-10-9-18-16(20)24/h5-8H,3-4,9-11H2,1-2H3,(H,18,24)(H,19,21)(H,22,23). The zero-order chi connectivity index (χ0) is 17.7. The fourth-order valence-electron chi connectivity index (χ4n) is 2.74. The zero-order valence-electron chi connectivity index (χ0n) is 14.0. The summed E-state index contributed by atoms with van der Waals surface area (Å²) in [6, 6.07) is 6.55. The molecule has 1 fully saturated rings. The summed E-state index contributed by atoms with van der Waals surface area (Å²) in [5, 5.41) is 14.8. The molecule has 0 spiro atoms. The summed E-state index contributed by atoms with van der Waals surface area (Å²) in [5.41, 5.74) is 0.219. The molecule has 130 valence electrons. The Labute approximate surface area is 141 Å². The molecule has 24 heavy (non-hydrogen) atoms. The number of amides is 3. The Morgan fingerprint density at radius 1 is 1.25 bits per heavy atom. The molecule has 3 N–H and O–H groups in total. The summed E-state index contributed by atoms with van der Waals surface area (Å²) >= 11 is 0. The highest BCUT2D eigenvalue weighted by molar-refractivity contribution is 5.97. The van der Waals surface area contributed by atoms with Crippen LogP contribution in [-0.4, -0.2) is 42.6 Å². The molecule has 0 aromatic heterocycles. The topological polar surface area (TPSA) is 98.7 Å². The monoisotopic (exact) mass is 333 g/mol. The van der Waals surface area contributed by atoms with Crippen LogP contribution in [0.4, 0.5) is 10.5 Å². The second-order valence-corrected chi connectivity index (χ2v) is 5.91. The largest absolute Gasteiger partial charge is 0.481 e. The molecule has 1 aliphatic rings. The molecule has 0 unspecified atom stereocenters. The van der Waals surface area contributed by atoms with Gasteiger partial charge in [0, 0.05) is 30.9 Å². The predicted molar refractivity (Wildman–Crippen MR) is 90.2 cm³/mol. The molecule has 0 saturated carbocycles. The first-order valence-corrected chi connectivity index (χ1v) is 8.10. The number of carboxylic acids is 1. The van der Waals surface area contributed by atoms with Crippen LogP contribution in [0.2, 0.25) is 0 Å². The molecule has 7 heteroatoms. The zero-order valence-corrected chi connectivity index (χ0v) is 14.0. The van der Waals surface area contributed by atoms with E-state index in [0.29, 0.717) is 31.5 Å². The Balaban J connectivity index is 2.02. The lowest BCUT2D eigenvalue weighted by Gasteiger charge is -2.26. The van der Waals surface area contributed by atoms with Gasteiger partial charge in [-0.1, -0.05) is 13.8 Å². The maximum absolute atomic E-state index is 12.2. The van der Waals surface area contributed by atoms with E-state index in [9.17, 15) is 19.5 Å². The number of hydrogen-bond acceptors (Lipinski definition) is 3. The Bertz CT molecular complexity index is 623. The molecule has 0 aliphatic carbocycles. The lowest BCUT2D eigenvalue weighted by atomic mass is 9.82. The van der Waals surface area contributed by atoms with Crippen molar-refractivity contribution < 1.29 is 19.5 Å². The summed E-state index contributed by atoms with van der Waals surface area (Å²) in [5.74, 6) is -1.22. The number of nitrogens with one attached hydrogen (secondary N) is 2. The van der Waals surface area contributed by atoms with E-state index >= 15 is 0 Å². The lowest BCUT2D eigenvalue weighted by molar-refractivity contribution is -0.149. The van der Waals surface area contributed by atoms with Crippen LogP contribution in [0.5, 0.6) is 0 Å². The van der Waals surface area contributed by atoms with E-state index in [1.807, 2.05) is 0 Å². The molecule has 0 radical (unpaired) electrons. The quantitative estimate of drug-likeness (QED) is 0.709. The molecule has 1 aliphatic heterocycles. The summed E-state index contributed by atoms with van der Waals surface area (Å²) in [4.78, 5) is 36.9. The number of anilines is 1. The smallest absolute Gasteiger partial charge is 0.321 e. The van der Waals surface area contributed by atoms with Gasteiger partial charge in [0.1, 0.15) is 0 Å². The Morgan fingerprint density at radius 3 is 2.33 bits per heavy atom. The minimum atomic E-state index is -0.941. The fraction of sp³-hybridized carbons (Fsp3) is 0.471. The fourth-order valence-corrected chi connectivity index (χ4v) is 2.74. The number of rotatable bonds is 7. The molecule has 1 heterocycles. The van der Waals surface area contributed by atoms with Crippen LogP contribution in [0.1, 0.15) is 37.0 Å². The Kier molecular flexibility index (Phi) is 5.43. The van der Waals surface area contributed by atoms with Crippen LogP contribution in [0, 0.1) is 5.41 Å². The van der Waals surface area contributed by atoms with Gasteiger partial charge in [-0.2, -0.15) is 0 Å². The highest BCUT2D eigenvalue weighted by Crippen LogP contribution is 2.26. The molecule has 3 amide bonds. The number of nitrogens with zero attached hydrogens (tertiary/aromatic N) is 1. The second-order valence-electron chi connectivity index (χ2n) is 5.91. The van der Waals surface area contributed by atoms with E-state index in [0.717, 1.165) is 5.69 Å². The van der Waals surface area contributed by atoms with Gasteiger partial charge in [-0.25, -0.2) is 4.79 Å². The minimum Gasteiger partial charge on any atom is -0.481 e. The Hall–Kier alpha value is -2.57. The molecule has 1 aromatic carbocycles. The summed E-state index contributed by atoms with van der Waals surface area (Å²) in [7, 11) is 0. The van der Waals surface area contributed by atoms with Gasteiger partial charge in [-0.15, -0.1) is 0 Å². The van der Waals surface area contributed by atoms with Crippen molar-refractivity contribution >= 4 is 23.6 Å². The first kappa shape index (κ1) is 17.8. The Morgan fingerprint density at radius 2 is 1.88 bits per heavy atom. The normalized spacial score (nSPS) is 14.4. The summed E-state index contributed by atoms with van der Waals surface area (Å²) in [6.45, 7) is 4.90. The van der Waals surface area contributed by atoms with Crippen LogP contribution in [0.3, 0.4) is 0 Å². The van der Waals surface area contributed by atoms with Crippen LogP contribution in [0.15, 0.2) is 24.3 Å². The van der Waals surface area contributed by atoms with E-state index in [4.69, 9.17) is 0 Å². The SMILES string of the molecule is CCC(CC)(CNC(=O)c1ccc(N2CCNC2=O)cc1)C(=O)O. The average molecular weight is 333 g/mol. The third kappa shape index (κ3) is 3.50. The highest BCUT2D eigenvalue weighted by atomic mass is 16.4. The molecule has 0 atom stereocenters. The van der Waals surface area contributed by atoms with Crippen molar-refractivity contribution in [1.29, 1.82) is 0 Å². The van der Waals surface area contributed by atoms with Crippen LogP contribution >= 0.6 is 0 Å². The summed E-state index contributed by atoms with van der Waals surface area (Å²) < 4.78 is 0. The van der Waals surface area contributed by atoms with Crippen molar-refractivity contribution in [2.45, 2.75) is 26.7 Å². The van der Waals surface area contributed by atoms with Gasteiger partial charge < -0.3 is 15.7 Å². The number of hydrogen-bond donors (Lipinski definition) is 3. The first-order chi connectivity index (χ1) is 11.4. The van der Waals surface area contributed by atoms with Gasteiger partial charge in [0.15, 0.2) is 0 Å². The number of benzene rings is 1. The average Bonchev–Trinajstić information content (AvgIpc) is 3.02. The maximum Gasteiger partial charge on any atom is 0.321 e. The van der Waals surface area contributed by atoms with Crippen molar-refractivity contribution in [2.24, 2.45) is 5.41 Å². The predicted octanol–water partition coefficient (Wildman–Crippen LogP) is 1.84. The number of urea groups is 1. The second kappa shape index (κ2) is 7.33. The first-order valence-electron chi connectivity index (χ1n) is 8.10. The van der Waals surface area contributed by atoms with Gasteiger partial charge in [-0.3, -0.25) is 14.5 Å². The molecule has 0 bridgehead atoms. The van der Waals surface area contributed by atoms with Gasteiger partial charge in [0.2, 0.25) is 0 Å². The number of aliphatic carboxylic acids is 1. The third-order valence-corrected chi connectivity index (χ3v) is 4.69. The highest BCUT2D eigenvalue weighted by Gasteiger charge is 2.35. The van der Waals surface area contributed by atoms with Crippen molar-refractivity contribution in [3.8, 4) is 0 Å². The van der Waals surface area contributed by atoms with E-state index in [-0.39, 0.29) is 18.5 Å². The van der Waals surface area contributed by atoms with Crippen molar-refractivity contribution in [3.63, 3.8) is 0 Å². The van der Waals surface area contributed by atoms with Crippen molar-refractivity contribution in [1.82, 2.24) is 10.6 Å². The van der Waals surface area contributed by atoms with E-state index in [2.05, 4.69) is 10.6 Å². The van der Waals surface area contributed by atoms with Crippen LogP contribution < -0.4 is 15.5 Å². The maximum atomic E-state index is 12.2. The number of carbonyl (C=O) groups is 3. The molecule has 2 rings (SSSR count). The number of carbonyl (C=O) groups excluding carboxylic acids is 2. The van der Waals surface area contributed by atoms with E-state index in [1.165, 1.54) is 0 Å². The van der Waals surface area contributed by atoms with Crippen LogP contribution in [-0.2, 0) is 4.79 Å². The van der Waals surface area contributed by atoms with Gasteiger partial charge in [0.05, 0.1) is 5.41 Å². The third-order valence-electron chi connectivity index (χ3n) is 4.69. The molecule has 1 saturated heterocycles. The van der Waals surface area contributed by atoms with Crippen molar-refractivity contribution in [2.75, 3.05) is 24.5 Å². The van der Waals surface area contributed by atoms with Crippen LogP contribution in [0.25, 0.3) is 0 Å².